The zero-order chi connectivity index (χ0) is 26.5. The molecule has 1 N–H and O–H groups in total. The third-order valence-electron chi connectivity index (χ3n) is 4.79. The molecule has 2 aliphatic heterocycles. The number of β-lactam (4-membered cyclic amide) rings is 1. The van der Waals surface area contributed by atoms with E-state index in [9.17, 15) is 24.0 Å². The standard InChI is InChI=1S/C21H28ClN3O9S/c1-10(34-20(30)21(2,3)4)33-19(29)15-11(8-31-5)9-35-18-14(17(28)25(15)18)23-16(27)13(24-32-6)12(26)7-22/h10,14,18H,7-9H2,1-6H3,(H,23,27)/t10?,14?,18-/m0/s1. The highest BCUT2D eigenvalue weighted by Gasteiger charge is 2.55. The van der Waals surface area contributed by atoms with Gasteiger partial charge in [0, 0.05) is 19.8 Å². The van der Waals surface area contributed by atoms with Gasteiger partial charge in [-0.05, 0) is 26.3 Å². The Morgan fingerprint density at radius 2 is 1.89 bits per heavy atom. The Kier molecular flexibility index (Phi) is 9.69. The number of nitrogens with zero attached hydrogens (tertiary/aromatic N) is 2. The van der Waals surface area contributed by atoms with Gasteiger partial charge in [-0.15, -0.1) is 23.4 Å². The minimum Gasteiger partial charge on any atom is -0.425 e. The van der Waals surface area contributed by atoms with Crippen LogP contribution in [0.25, 0.3) is 0 Å². The van der Waals surface area contributed by atoms with Crippen molar-refractivity contribution < 1.29 is 43.0 Å². The molecule has 0 aliphatic carbocycles. The molecule has 0 spiro atoms. The van der Waals surface area contributed by atoms with Crippen LogP contribution in [0.4, 0.5) is 0 Å². The number of hydrogen-bond acceptors (Lipinski definition) is 11. The third kappa shape index (κ3) is 6.53. The van der Waals surface area contributed by atoms with Gasteiger partial charge >= 0.3 is 11.9 Å². The van der Waals surface area contributed by atoms with Gasteiger partial charge in [0.05, 0.1) is 17.9 Å². The van der Waals surface area contributed by atoms with E-state index in [1.54, 1.807) is 20.8 Å². The van der Waals surface area contributed by atoms with Crippen LogP contribution in [0, 0.1) is 5.41 Å². The summed E-state index contributed by atoms with van der Waals surface area (Å²) in [6, 6.07) is -1.04. The fraction of sp³-hybridized carbons (Fsp3) is 0.619. The Hall–Kier alpha value is -2.64. The number of carbonyl (C=O) groups is 5. The van der Waals surface area contributed by atoms with E-state index >= 15 is 0 Å². The number of halogens is 1. The average Bonchev–Trinajstić information content (AvgIpc) is 2.79. The molecule has 2 aliphatic rings. The number of esters is 2. The predicted molar refractivity (Wildman–Crippen MR) is 125 cm³/mol. The van der Waals surface area contributed by atoms with Gasteiger partial charge in [0.2, 0.25) is 17.8 Å². The van der Waals surface area contributed by atoms with Crippen LogP contribution in [0.1, 0.15) is 27.7 Å². The van der Waals surface area contributed by atoms with Crippen LogP contribution < -0.4 is 5.32 Å². The molecule has 0 aromatic heterocycles. The van der Waals surface area contributed by atoms with Gasteiger partial charge in [-0.3, -0.25) is 24.1 Å². The molecule has 12 nitrogen and oxygen atoms in total. The number of hydrogen-bond donors (Lipinski definition) is 1. The number of Topliss-reactive ketones (excluding diaryl/α,β-unsaturated/α-hetero) is 1. The smallest absolute Gasteiger partial charge is 0.358 e. The van der Waals surface area contributed by atoms with Crippen molar-refractivity contribution in [1.29, 1.82) is 0 Å². The van der Waals surface area contributed by atoms with E-state index in [-0.39, 0.29) is 12.3 Å². The van der Waals surface area contributed by atoms with Crippen molar-refractivity contribution in [3.05, 3.63) is 11.3 Å². The number of ether oxygens (including phenoxy) is 3. The Labute approximate surface area is 211 Å². The molecule has 2 unspecified atom stereocenters. The summed E-state index contributed by atoms with van der Waals surface area (Å²) in [5, 5.41) is 5.17. The van der Waals surface area contributed by atoms with Crippen LogP contribution in [-0.2, 0) is 43.0 Å². The van der Waals surface area contributed by atoms with E-state index < -0.39 is 64.2 Å². The number of methoxy groups -OCH3 is 1. The van der Waals surface area contributed by atoms with Crippen molar-refractivity contribution in [3.8, 4) is 0 Å². The number of thioether (sulfide) groups is 1. The quantitative estimate of drug-likeness (QED) is 0.0803. The normalized spacial score (nSPS) is 20.9. The monoisotopic (exact) mass is 533 g/mol. The zero-order valence-corrected chi connectivity index (χ0v) is 21.8. The molecule has 2 rings (SSSR count). The molecule has 1 saturated heterocycles. The van der Waals surface area contributed by atoms with E-state index in [1.165, 1.54) is 30.7 Å². The Balaban J connectivity index is 2.20. The molecular weight excluding hydrogens is 506 g/mol. The summed E-state index contributed by atoms with van der Waals surface area (Å²) < 4.78 is 15.6. The SMILES string of the molecule is COCC1=C(C(=O)OC(C)OC(=O)C(C)(C)C)N2C(=O)C(NC(=O)C(=NOC)C(=O)CCl)[C@@H]2SC1. The minimum atomic E-state index is -1.21. The first kappa shape index (κ1) is 28.6. The van der Waals surface area contributed by atoms with Crippen molar-refractivity contribution in [1.82, 2.24) is 10.2 Å². The number of fused-ring (bicyclic) bond motifs is 1. The minimum absolute atomic E-state index is 0.0487. The summed E-state index contributed by atoms with van der Waals surface area (Å²) in [6.07, 6.45) is -1.21. The second-order valence-corrected chi connectivity index (χ2v) is 9.93. The van der Waals surface area contributed by atoms with Crippen LogP contribution >= 0.6 is 23.4 Å². The van der Waals surface area contributed by atoms with Crippen molar-refractivity contribution in [2.75, 3.05) is 32.5 Å². The molecule has 35 heavy (non-hydrogen) atoms. The number of oxime groups is 1. The number of rotatable bonds is 10. The maximum atomic E-state index is 13.0. The van der Waals surface area contributed by atoms with Crippen molar-refractivity contribution in [2.45, 2.75) is 45.4 Å². The summed E-state index contributed by atoms with van der Waals surface area (Å²) in [5.41, 5.74) is -0.945. The molecular formula is C21H28ClN3O9S. The van der Waals surface area contributed by atoms with Crippen LogP contribution in [-0.4, -0.2) is 90.3 Å². The van der Waals surface area contributed by atoms with Gasteiger partial charge in [0.25, 0.3) is 11.8 Å². The van der Waals surface area contributed by atoms with Gasteiger partial charge in [-0.1, -0.05) is 5.16 Å². The van der Waals surface area contributed by atoms with E-state index in [0.29, 0.717) is 11.3 Å². The predicted octanol–water partition coefficient (Wildman–Crippen LogP) is 0.576. The van der Waals surface area contributed by atoms with Crippen molar-refractivity contribution in [3.63, 3.8) is 0 Å². The molecule has 1 fully saturated rings. The second kappa shape index (κ2) is 11.9. The summed E-state index contributed by atoms with van der Waals surface area (Å²) in [6.45, 7) is 6.41. The highest BCUT2D eigenvalue weighted by Crippen LogP contribution is 2.40. The lowest BCUT2D eigenvalue weighted by Gasteiger charge is -2.49. The van der Waals surface area contributed by atoms with Crippen LogP contribution in [0.3, 0.4) is 0 Å². The summed E-state index contributed by atoms with van der Waals surface area (Å²) >= 11 is 6.79. The Bertz CT molecular complexity index is 960. The molecule has 2 amide bonds. The van der Waals surface area contributed by atoms with Gasteiger partial charge in [0.15, 0.2) is 0 Å². The van der Waals surface area contributed by atoms with Crippen LogP contribution in [0.2, 0.25) is 0 Å². The summed E-state index contributed by atoms with van der Waals surface area (Å²) in [5.74, 6) is -3.97. The maximum Gasteiger partial charge on any atom is 0.358 e. The number of carbonyl (C=O) groups excluding carboxylic acids is 5. The summed E-state index contributed by atoms with van der Waals surface area (Å²) in [4.78, 5) is 68.1. The first-order valence-corrected chi connectivity index (χ1v) is 12.0. The molecule has 0 radical (unpaired) electrons. The molecule has 0 aromatic rings. The fourth-order valence-corrected chi connectivity index (χ4v) is 4.55. The lowest BCUT2D eigenvalue weighted by Crippen LogP contribution is -2.71. The average molecular weight is 534 g/mol. The molecule has 0 bridgehead atoms. The van der Waals surface area contributed by atoms with Gasteiger partial charge in [-0.25, -0.2) is 4.79 Å². The van der Waals surface area contributed by atoms with E-state index in [1.807, 2.05) is 0 Å². The van der Waals surface area contributed by atoms with E-state index in [4.69, 9.17) is 25.8 Å². The van der Waals surface area contributed by atoms with E-state index in [2.05, 4.69) is 15.3 Å². The number of ketones is 1. The lowest BCUT2D eigenvalue weighted by molar-refractivity contribution is -0.190. The molecule has 3 atom stereocenters. The first-order valence-electron chi connectivity index (χ1n) is 10.5. The summed E-state index contributed by atoms with van der Waals surface area (Å²) in [7, 11) is 2.59. The zero-order valence-electron chi connectivity index (χ0n) is 20.2. The number of amides is 2. The van der Waals surface area contributed by atoms with Crippen molar-refractivity contribution in [2.24, 2.45) is 10.6 Å². The second-order valence-electron chi connectivity index (χ2n) is 8.55. The van der Waals surface area contributed by atoms with Gasteiger partial charge < -0.3 is 24.4 Å². The van der Waals surface area contributed by atoms with Gasteiger partial charge in [0.1, 0.15) is 24.2 Å². The molecule has 194 valence electrons. The first-order chi connectivity index (χ1) is 16.4. The third-order valence-corrected chi connectivity index (χ3v) is 6.37. The highest BCUT2D eigenvalue weighted by atomic mass is 35.5. The number of nitrogens with one attached hydrogen (secondary N) is 1. The maximum absolute atomic E-state index is 13.0. The van der Waals surface area contributed by atoms with Crippen molar-refractivity contribution >= 4 is 58.6 Å². The topological polar surface area (TPSA) is 150 Å². The van der Waals surface area contributed by atoms with E-state index in [0.717, 1.165) is 7.11 Å². The molecule has 0 saturated carbocycles. The lowest BCUT2D eigenvalue weighted by atomic mass is 9.97. The molecule has 0 aromatic carbocycles. The van der Waals surface area contributed by atoms with Crippen LogP contribution in [0.5, 0.6) is 0 Å². The largest absolute Gasteiger partial charge is 0.425 e. The fourth-order valence-electron chi connectivity index (χ4n) is 3.10. The molecule has 2 heterocycles. The van der Waals surface area contributed by atoms with Crippen LogP contribution in [0.15, 0.2) is 16.4 Å². The molecule has 14 heteroatoms. The Morgan fingerprint density at radius 1 is 1.23 bits per heavy atom. The Morgan fingerprint density at radius 3 is 2.43 bits per heavy atom. The highest BCUT2D eigenvalue weighted by molar-refractivity contribution is 8.00. The van der Waals surface area contributed by atoms with Gasteiger partial charge in [-0.2, -0.15) is 0 Å². The number of alkyl halides is 1.